The summed E-state index contributed by atoms with van der Waals surface area (Å²) in [4.78, 5) is 11.8. The summed E-state index contributed by atoms with van der Waals surface area (Å²) in [6, 6.07) is 1.61. The van der Waals surface area contributed by atoms with E-state index >= 15 is 0 Å². The molecule has 1 atom stereocenters. The number of hydrogen-bond donors (Lipinski definition) is 0. The molecule has 0 radical (unpaired) electrons. The predicted molar refractivity (Wildman–Crippen MR) is 60.2 cm³/mol. The average molecular weight is 245 g/mol. The van der Waals surface area contributed by atoms with Crippen molar-refractivity contribution >= 4 is 29.0 Å². The number of Topliss-reactive ketones (excluding diaryl/α,β-unsaturated/α-hetero) is 1. The van der Waals surface area contributed by atoms with Crippen LogP contribution in [0.25, 0.3) is 0 Å². The maximum atomic E-state index is 11.8. The van der Waals surface area contributed by atoms with Gasteiger partial charge in [-0.05, 0) is 25.5 Å². The molecular weight excluding hydrogens is 235 g/mol. The van der Waals surface area contributed by atoms with Crippen LogP contribution in [0.1, 0.15) is 29.3 Å². The molecule has 0 unspecified atom stereocenters. The molecule has 0 aliphatic carbocycles. The smallest absolute Gasteiger partial charge is 0.170 e. The Labute approximate surface area is 98.1 Å². The summed E-state index contributed by atoms with van der Waals surface area (Å²) in [7, 11) is 0. The molecule has 80 valence electrons. The van der Waals surface area contributed by atoms with Crippen LogP contribution >= 0.6 is 23.2 Å². The first kappa shape index (κ1) is 10.8. The Morgan fingerprint density at radius 1 is 1.40 bits per heavy atom. The van der Waals surface area contributed by atoms with Gasteiger partial charge in [-0.15, -0.1) is 0 Å². The Hall–Kier alpha value is -0.730. The highest BCUT2D eigenvalue weighted by Gasteiger charge is 2.28. The van der Waals surface area contributed by atoms with E-state index in [0.717, 1.165) is 5.56 Å². The van der Waals surface area contributed by atoms with E-state index in [1.165, 1.54) is 0 Å². The molecule has 1 heterocycles. The first-order valence-electron chi connectivity index (χ1n) is 4.69. The Morgan fingerprint density at radius 3 is 2.73 bits per heavy atom. The van der Waals surface area contributed by atoms with Gasteiger partial charge < -0.3 is 4.74 Å². The third-order valence-corrected chi connectivity index (χ3v) is 3.17. The molecule has 0 amide bonds. The minimum atomic E-state index is -0.122. The average Bonchev–Trinajstić information content (AvgIpc) is 2.13. The van der Waals surface area contributed by atoms with Crippen molar-refractivity contribution < 1.29 is 9.53 Å². The van der Waals surface area contributed by atoms with Crippen LogP contribution in [0.2, 0.25) is 10.0 Å². The number of ether oxygens (including phenoxy) is 1. The summed E-state index contributed by atoms with van der Waals surface area (Å²) in [5.74, 6) is 0.521. The number of hydrogen-bond acceptors (Lipinski definition) is 2. The van der Waals surface area contributed by atoms with Crippen molar-refractivity contribution in [3.05, 3.63) is 27.2 Å². The molecule has 1 aromatic carbocycles. The highest BCUT2D eigenvalue weighted by atomic mass is 35.5. The summed E-state index contributed by atoms with van der Waals surface area (Å²) in [5.41, 5.74) is 1.28. The third-order valence-electron chi connectivity index (χ3n) is 2.50. The molecule has 2 nitrogen and oxygen atoms in total. The van der Waals surface area contributed by atoms with E-state index in [2.05, 4.69) is 0 Å². The Bertz CT molecular complexity index is 441. The summed E-state index contributed by atoms with van der Waals surface area (Å²) >= 11 is 11.9. The quantitative estimate of drug-likeness (QED) is 0.697. The first-order valence-corrected chi connectivity index (χ1v) is 5.44. The van der Waals surface area contributed by atoms with Crippen LogP contribution in [0, 0.1) is 6.92 Å². The topological polar surface area (TPSA) is 26.3 Å². The second-order valence-corrected chi connectivity index (χ2v) is 4.54. The largest absolute Gasteiger partial charge is 0.488 e. The molecule has 1 aliphatic heterocycles. The second kappa shape index (κ2) is 3.69. The summed E-state index contributed by atoms with van der Waals surface area (Å²) in [6.07, 6.45) is 0.257. The maximum absolute atomic E-state index is 11.8. The van der Waals surface area contributed by atoms with Crippen molar-refractivity contribution in [1.29, 1.82) is 0 Å². The maximum Gasteiger partial charge on any atom is 0.170 e. The van der Waals surface area contributed by atoms with Crippen molar-refractivity contribution in [1.82, 2.24) is 0 Å². The Morgan fingerprint density at radius 2 is 2.07 bits per heavy atom. The van der Waals surface area contributed by atoms with Crippen LogP contribution in [0.3, 0.4) is 0 Å². The van der Waals surface area contributed by atoms with Crippen molar-refractivity contribution in [3.63, 3.8) is 0 Å². The van der Waals surface area contributed by atoms with Gasteiger partial charge in [-0.2, -0.15) is 0 Å². The Kier molecular flexibility index (Phi) is 2.65. The van der Waals surface area contributed by atoms with E-state index in [1.807, 2.05) is 6.92 Å². The van der Waals surface area contributed by atoms with Crippen LogP contribution in [0.15, 0.2) is 6.07 Å². The van der Waals surface area contributed by atoms with Crippen LogP contribution in [0.4, 0.5) is 0 Å². The molecule has 1 aliphatic rings. The van der Waals surface area contributed by atoms with Crippen molar-refractivity contribution in [2.24, 2.45) is 0 Å². The molecular formula is C11H10Cl2O2. The molecule has 15 heavy (non-hydrogen) atoms. The fourth-order valence-electron chi connectivity index (χ4n) is 1.75. The molecule has 0 saturated heterocycles. The second-order valence-electron chi connectivity index (χ2n) is 3.73. The molecule has 4 heteroatoms. The summed E-state index contributed by atoms with van der Waals surface area (Å²) in [5, 5.41) is 0.908. The van der Waals surface area contributed by atoms with E-state index in [0.29, 0.717) is 27.8 Å². The highest BCUT2D eigenvalue weighted by molar-refractivity contribution is 6.37. The van der Waals surface area contributed by atoms with Gasteiger partial charge in [0.05, 0.1) is 10.6 Å². The van der Waals surface area contributed by atoms with Gasteiger partial charge in [-0.3, -0.25) is 4.79 Å². The number of benzene rings is 1. The molecule has 0 spiro atoms. The lowest BCUT2D eigenvalue weighted by Crippen LogP contribution is -2.25. The minimum absolute atomic E-state index is 0.0469. The summed E-state index contributed by atoms with van der Waals surface area (Å²) in [6.45, 7) is 3.65. The number of fused-ring (bicyclic) bond motifs is 1. The number of rotatable bonds is 0. The molecule has 2 rings (SSSR count). The van der Waals surface area contributed by atoms with E-state index in [4.69, 9.17) is 27.9 Å². The Balaban J connectivity index is 2.69. The van der Waals surface area contributed by atoms with Crippen LogP contribution in [-0.2, 0) is 0 Å². The normalized spacial score (nSPS) is 19.7. The fraction of sp³-hybridized carbons (Fsp3) is 0.364. The van der Waals surface area contributed by atoms with Gasteiger partial charge in [0.1, 0.15) is 11.9 Å². The number of ketones is 1. The molecule has 0 bridgehead atoms. The third kappa shape index (κ3) is 1.72. The number of halogens is 2. The summed E-state index contributed by atoms with van der Waals surface area (Å²) < 4.78 is 5.56. The van der Waals surface area contributed by atoms with Crippen LogP contribution in [0.5, 0.6) is 5.75 Å². The predicted octanol–water partition coefficient (Wildman–Crippen LogP) is 3.66. The molecule has 0 fully saturated rings. The van der Waals surface area contributed by atoms with Crippen LogP contribution < -0.4 is 4.74 Å². The lowest BCUT2D eigenvalue weighted by Gasteiger charge is -2.24. The van der Waals surface area contributed by atoms with Crippen LogP contribution in [-0.4, -0.2) is 11.9 Å². The van der Waals surface area contributed by atoms with E-state index in [1.54, 1.807) is 13.0 Å². The molecule has 0 aromatic heterocycles. The van der Waals surface area contributed by atoms with Crippen molar-refractivity contribution in [2.75, 3.05) is 0 Å². The standard InChI is InChI=1S/C11H10Cl2O2/c1-5-3-9(14)10-6(2)7(12)4-8(13)11(10)15-5/h4-5H,3H2,1-2H3/t5-/m1/s1. The molecule has 0 N–H and O–H groups in total. The van der Waals surface area contributed by atoms with Gasteiger partial charge >= 0.3 is 0 Å². The lowest BCUT2D eigenvalue weighted by molar-refractivity contribution is 0.0870. The SMILES string of the molecule is Cc1c(Cl)cc(Cl)c2c1C(=O)C[C@@H](C)O2. The van der Waals surface area contributed by atoms with E-state index in [-0.39, 0.29) is 11.9 Å². The molecule has 0 saturated carbocycles. The zero-order valence-electron chi connectivity index (χ0n) is 8.43. The van der Waals surface area contributed by atoms with Gasteiger partial charge in [0, 0.05) is 11.4 Å². The van der Waals surface area contributed by atoms with Crippen molar-refractivity contribution in [3.8, 4) is 5.75 Å². The van der Waals surface area contributed by atoms with Gasteiger partial charge in [0.15, 0.2) is 5.78 Å². The highest BCUT2D eigenvalue weighted by Crippen LogP contribution is 2.39. The zero-order valence-corrected chi connectivity index (χ0v) is 9.95. The fourth-order valence-corrected chi connectivity index (χ4v) is 2.26. The first-order chi connectivity index (χ1) is 7.00. The minimum Gasteiger partial charge on any atom is -0.488 e. The zero-order chi connectivity index (χ0) is 11.2. The monoisotopic (exact) mass is 244 g/mol. The van der Waals surface area contributed by atoms with Gasteiger partial charge in [0.25, 0.3) is 0 Å². The number of carbonyl (C=O) groups excluding carboxylic acids is 1. The van der Waals surface area contributed by atoms with E-state index < -0.39 is 0 Å². The number of carbonyl (C=O) groups is 1. The van der Waals surface area contributed by atoms with Gasteiger partial charge in [-0.25, -0.2) is 0 Å². The van der Waals surface area contributed by atoms with Crippen molar-refractivity contribution in [2.45, 2.75) is 26.4 Å². The lowest BCUT2D eigenvalue weighted by atomic mass is 9.97. The molecule has 1 aromatic rings. The van der Waals surface area contributed by atoms with Gasteiger partial charge in [-0.1, -0.05) is 23.2 Å². The van der Waals surface area contributed by atoms with E-state index in [9.17, 15) is 4.79 Å². The van der Waals surface area contributed by atoms with Gasteiger partial charge in [0.2, 0.25) is 0 Å².